The van der Waals surface area contributed by atoms with Gasteiger partial charge in [0.2, 0.25) is 5.91 Å². The van der Waals surface area contributed by atoms with E-state index < -0.39 is 17.5 Å². The van der Waals surface area contributed by atoms with Gasteiger partial charge in [-0.2, -0.15) is 0 Å². The number of hydrogen-bond donors (Lipinski definition) is 1. The van der Waals surface area contributed by atoms with E-state index in [1.54, 1.807) is 30.3 Å². The first kappa shape index (κ1) is 28.5. The lowest BCUT2D eigenvalue weighted by molar-refractivity contribution is -0.143. The van der Waals surface area contributed by atoms with Gasteiger partial charge in [0.05, 0.1) is 14.2 Å². The average Bonchev–Trinajstić information content (AvgIpc) is 2.89. The third-order valence-electron chi connectivity index (χ3n) is 5.72. The number of nitrogens with zero attached hydrogens (tertiary/aromatic N) is 1. The first-order chi connectivity index (χ1) is 18.1. The van der Waals surface area contributed by atoms with Crippen molar-refractivity contribution in [3.63, 3.8) is 0 Å². The Morgan fingerprint density at radius 1 is 0.868 bits per heavy atom. The number of halogens is 1. The van der Waals surface area contributed by atoms with E-state index in [0.29, 0.717) is 29.2 Å². The fourth-order valence-electron chi connectivity index (χ4n) is 3.89. The second-order valence-corrected chi connectivity index (χ2v) is 9.93. The molecule has 0 heterocycles. The van der Waals surface area contributed by atoms with Crippen LogP contribution in [0.5, 0.6) is 17.2 Å². The van der Waals surface area contributed by atoms with Gasteiger partial charge in [-0.05, 0) is 44.0 Å². The first-order valence-corrected chi connectivity index (χ1v) is 12.3. The molecule has 0 aliphatic carbocycles. The summed E-state index contributed by atoms with van der Waals surface area (Å²) in [6, 6.07) is 19.5. The van der Waals surface area contributed by atoms with Gasteiger partial charge in [0.25, 0.3) is 5.91 Å². The summed E-state index contributed by atoms with van der Waals surface area (Å²) in [6.45, 7) is 5.42. The molecule has 0 bridgehead atoms. The quantitative estimate of drug-likeness (QED) is 0.392. The van der Waals surface area contributed by atoms with E-state index in [9.17, 15) is 14.0 Å². The van der Waals surface area contributed by atoms with Crippen LogP contribution >= 0.6 is 0 Å². The van der Waals surface area contributed by atoms with Gasteiger partial charge in [0, 0.05) is 36.7 Å². The number of nitrogens with one attached hydrogen (secondary N) is 1. The maximum atomic E-state index is 13.7. The minimum Gasteiger partial charge on any atom is -0.496 e. The molecule has 0 fully saturated rings. The van der Waals surface area contributed by atoms with Crippen molar-refractivity contribution in [2.45, 2.75) is 45.3 Å². The Bertz CT molecular complexity index is 1190. The van der Waals surface area contributed by atoms with Crippen molar-refractivity contribution in [2.24, 2.45) is 0 Å². The summed E-state index contributed by atoms with van der Waals surface area (Å²) in [5.74, 6) is 0.340. The third-order valence-corrected chi connectivity index (χ3v) is 5.72. The Morgan fingerprint density at radius 3 is 2.00 bits per heavy atom. The van der Waals surface area contributed by atoms with Crippen LogP contribution in [0.4, 0.5) is 4.39 Å². The lowest BCUT2D eigenvalue weighted by Crippen LogP contribution is -2.55. The standard InChI is InChI=1S/C30H35FN2O5/c1-30(2,3)32-29(35)27(15-21-9-7-6-8-10-21)33(19-22-11-13-23(31)14-12-22)28(34)20-38-26-17-24(36-4)16-25(18-26)37-5/h6-14,16-18,27H,15,19-20H2,1-5H3,(H,32,35). The number of carbonyl (C=O) groups is 2. The van der Waals surface area contributed by atoms with Crippen LogP contribution in [-0.2, 0) is 22.6 Å². The predicted octanol–water partition coefficient (Wildman–Crippen LogP) is 4.78. The van der Waals surface area contributed by atoms with E-state index in [4.69, 9.17) is 14.2 Å². The lowest BCUT2D eigenvalue weighted by atomic mass is 10.0. The third kappa shape index (κ3) is 8.50. The molecule has 1 unspecified atom stereocenters. The highest BCUT2D eigenvalue weighted by atomic mass is 19.1. The summed E-state index contributed by atoms with van der Waals surface area (Å²) in [5, 5.41) is 3.01. The number of methoxy groups -OCH3 is 2. The zero-order valence-corrected chi connectivity index (χ0v) is 22.5. The van der Waals surface area contributed by atoms with E-state index >= 15 is 0 Å². The number of rotatable bonds is 11. The van der Waals surface area contributed by atoms with Gasteiger partial charge >= 0.3 is 0 Å². The van der Waals surface area contributed by atoms with Crippen LogP contribution in [0.15, 0.2) is 72.8 Å². The molecule has 2 amide bonds. The predicted molar refractivity (Wildman–Crippen MR) is 144 cm³/mol. The van der Waals surface area contributed by atoms with Crippen molar-refractivity contribution in [3.05, 3.63) is 89.7 Å². The molecule has 0 aliphatic rings. The van der Waals surface area contributed by atoms with Gasteiger partial charge in [-0.3, -0.25) is 9.59 Å². The van der Waals surface area contributed by atoms with Crippen LogP contribution in [0.2, 0.25) is 0 Å². The maximum Gasteiger partial charge on any atom is 0.261 e. The van der Waals surface area contributed by atoms with E-state index in [1.807, 2.05) is 51.1 Å². The summed E-state index contributed by atoms with van der Waals surface area (Å²) >= 11 is 0. The molecule has 7 nitrogen and oxygen atoms in total. The molecule has 0 spiro atoms. The molecule has 1 atom stereocenters. The van der Waals surface area contributed by atoms with Crippen LogP contribution in [0.25, 0.3) is 0 Å². The second-order valence-electron chi connectivity index (χ2n) is 9.93. The summed E-state index contributed by atoms with van der Waals surface area (Å²) in [6.07, 6.45) is 0.294. The molecule has 0 aromatic heterocycles. The van der Waals surface area contributed by atoms with Gasteiger partial charge < -0.3 is 24.4 Å². The van der Waals surface area contributed by atoms with Gasteiger partial charge in [-0.25, -0.2) is 4.39 Å². The molecule has 8 heteroatoms. The monoisotopic (exact) mass is 522 g/mol. The Labute approximate surface area is 223 Å². The number of amides is 2. The van der Waals surface area contributed by atoms with Crippen LogP contribution in [0, 0.1) is 5.82 Å². The zero-order valence-electron chi connectivity index (χ0n) is 22.5. The lowest BCUT2D eigenvalue weighted by Gasteiger charge is -2.33. The van der Waals surface area contributed by atoms with Crippen molar-refractivity contribution in [1.82, 2.24) is 10.2 Å². The molecule has 1 N–H and O–H groups in total. The molecule has 0 saturated heterocycles. The number of ether oxygens (including phenoxy) is 3. The number of hydrogen-bond acceptors (Lipinski definition) is 5. The second kappa shape index (κ2) is 12.9. The summed E-state index contributed by atoms with van der Waals surface area (Å²) < 4.78 is 30.0. The number of benzene rings is 3. The van der Waals surface area contributed by atoms with E-state index in [0.717, 1.165) is 5.56 Å². The van der Waals surface area contributed by atoms with E-state index in [-0.39, 0.29) is 24.9 Å². The van der Waals surface area contributed by atoms with Crippen LogP contribution in [0.1, 0.15) is 31.9 Å². The van der Waals surface area contributed by atoms with Crippen molar-refractivity contribution in [3.8, 4) is 17.2 Å². The fourth-order valence-corrected chi connectivity index (χ4v) is 3.89. The molecular weight excluding hydrogens is 487 g/mol. The van der Waals surface area contributed by atoms with Crippen molar-refractivity contribution in [2.75, 3.05) is 20.8 Å². The molecule has 202 valence electrons. The topological polar surface area (TPSA) is 77.1 Å². The molecule has 38 heavy (non-hydrogen) atoms. The van der Waals surface area contributed by atoms with Gasteiger partial charge in [-0.15, -0.1) is 0 Å². The summed E-state index contributed by atoms with van der Waals surface area (Å²) in [4.78, 5) is 28.7. The SMILES string of the molecule is COc1cc(OC)cc(OCC(=O)N(Cc2ccc(F)cc2)C(Cc2ccccc2)C(=O)NC(C)(C)C)c1. The van der Waals surface area contributed by atoms with Crippen LogP contribution in [-0.4, -0.2) is 49.1 Å². The smallest absolute Gasteiger partial charge is 0.261 e. The van der Waals surface area contributed by atoms with E-state index in [2.05, 4.69) is 5.32 Å². The molecule has 0 saturated carbocycles. The summed E-state index contributed by atoms with van der Waals surface area (Å²) in [7, 11) is 3.05. The van der Waals surface area contributed by atoms with Gasteiger partial charge in [0.1, 0.15) is 29.1 Å². The molecule has 3 aromatic rings. The van der Waals surface area contributed by atoms with Crippen LogP contribution < -0.4 is 19.5 Å². The Morgan fingerprint density at radius 2 is 1.45 bits per heavy atom. The molecule has 0 aliphatic heterocycles. The van der Waals surface area contributed by atoms with Crippen molar-refractivity contribution < 1.29 is 28.2 Å². The molecular formula is C30H35FN2O5. The minimum absolute atomic E-state index is 0.0962. The Kier molecular flexibility index (Phi) is 9.71. The Balaban J connectivity index is 1.93. The highest BCUT2D eigenvalue weighted by Gasteiger charge is 2.32. The number of carbonyl (C=O) groups excluding carboxylic acids is 2. The zero-order chi connectivity index (χ0) is 27.7. The minimum atomic E-state index is -0.836. The highest BCUT2D eigenvalue weighted by Crippen LogP contribution is 2.27. The maximum absolute atomic E-state index is 13.7. The van der Waals surface area contributed by atoms with Crippen LogP contribution in [0.3, 0.4) is 0 Å². The average molecular weight is 523 g/mol. The Hall–Kier alpha value is -4.07. The van der Waals surface area contributed by atoms with E-state index in [1.165, 1.54) is 31.3 Å². The van der Waals surface area contributed by atoms with Crippen molar-refractivity contribution in [1.29, 1.82) is 0 Å². The summed E-state index contributed by atoms with van der Waals surface area (Å²) in [5.41, 5.74) is 1.07. The molecule has 3 rings (SSSR count). The molecule has 0 radical (unpaired) electrons. The normalized spacial score (nSPS) is 11.8. The largest absolute Gasteiger partial charge is 0.496 e. The highest BCUT2D eigenvalue weighted by molar-refractivity contribution is 5.89. The van der Waals surface area contributed by atoms with Gasteiger partial charge in [0.15, 0.2) is 6.61 Å². The first-order valence-electron chi connectivity index (χ1n) is 12.3. The van der Waals surface area contributed by atoms with Crippen molar-refractivity contribution >= 4 is 11.8 Å². The fraction of sp³-hybridized carbons (Fsp3) is 0.333. The van der Waals surface area contributed by atoms with Gasteiger partial charge in [-0.1, -0.05) is 42.5 Å². The molecule has 3 aromatic carbocycles.